The van der Waals surface area contributed by atoms with Crippen LogP contribution < -0.4 is 0 Å². The van der Waals surface area contributed by atoms with Crippen molar-refractivity contribution in [2.45, 2.75) is 6.92 Å². The summed E-state index contributed by atoms with van der Waals surface area (Å²) in [7, 11) is 0. The summed E-state index contributed by atoms with van der Waals surface area (Å²) in [6.07, 6.45) is 3.32. The molecule has 2 heterocycles. The number of nitrogens with zero attached hydrogens (tertiary/aromatic N) is 3. The van der Waals surface area contributed by atoms with E-state index in [1.807, 2.05) is 25.1 Å². The average molecular weight is 221 g/mol. The van der Waals surface area contributed by atoms with Gasteiger partial charge < -0.3 is 0 Å². The second-order valence-corrected chi connectivity index (χ2v) is 3.92. The predicted octanol–water partition coefficient (Wildman–Crippen LogP) is 3.00. The fraction of sp³-hybridized carbons (Fsp3) is 0.0714. The van der Waals surface area contributed by atoms with E-state index in [4.69, 9.17) is 0 Å². The highest BCUT2D eigenvalue weighted by atomic mass is 14.9. The molecule has 3 aromatic rings. The molecule has 0 atom stereocenters. The number of aromatic nitrogens is 3. The first-order valence-corrected chi connectivity index (χ1v) is 5.47. The van der Waals surface area contributed by atoms with Crippen LogP contribution in [-0.4, -0.2) is 15.0 Å². The molecule has 0 saturated carbocycles. The Balaban J connectivity index is 2.27. The first kappa shape index (κ1) is 9.90. The maximum absolute atomic E-state index is 4.50. The molecule has 0 bridgehead atoms. The maximum atomic E-state index is 4.50. The highest BCUT2D eigenvalue weighted by Crippen LogP contribution is 2.24. The van der Waals surface area contributed by atoms with Gasteiger partial charge in [-0.05, 0) is 18.6 Å². The van der Waals surface area contributed by atoms with Gasteiger partial charge in [-0.15, -0.1) is 0 Å². The van der Waals surface area contributed by atoms with E-state index in [0.717, 1.165) is 22.3 Å². The van der Waals surface area contributed by atoms with E-state index in [1.165, 1.54) is 11.9 Å². The summed E-state index contributed by atoms with van der Waals surface area (Å²) in [5.74, 6) is 0. The van der Waals surface area contributed by atoms with Gasteiger partial charge in [0.05, 0.1) is 0 Å². The van der Waals surface area contributed by atoms with Gasteiger partial charge in [-0.2, -0.15) is 0 Å². The molecule has 0 unspecified atom stereocenters. The fourth-order valence-electron chi connectivity index (χ4n) is 1.92. The van der Waals surface area contributed by atoms with E-state index in [1.54, 1.807) is 6.20 Å². The Bertz CT molecular complexity index is 663. The average Bonchev–Trinajstić information content (AvgIpc) is 2.39. The van der Waals surface area contributed by atoms with Gasteiger partial charge in [0.1, 0.15) is 6.33 Å². The van der Waals surface area contributed by atoms with Crippen molar-refractivity contribution >= 4 is 11.0 Å². The van der Waals surface area contributed by atoms with Crippen LogP contribution in [0.1, 0.15) is 5.69 Å². The van der Waals surface area contributed by atoms with Crippen LogP contribution in [0.4, 0.5) is 0 Å². The number of benzene rings is 1. The zero-order valence-electron chi connectivity index (χ0n) is 9.46. The fourth-order valence-corrected chi connectivity index (χ4v) is 1.92. The third kappa shape index (κ3) is 1.76. The molecule has 0 radical (unpaired) electrons. The van der Waals surface area contributed by atoms with E-state index >= 15 is 0 Å². The smallest absolute Gasteiger partial charge is 0.162 e. The molecule has 0 amide bonds. The summed E-state index contributed by atoms with van der Waals surface area (Å²) >= 11 is 0. The summed E-state index contributed by atoms with van der Waals surface area (Å²) in [4.78, 5) is 12.7. The molecule has 17 heavy (non-hydrogen) atoms. The molecule has 0 spiro atoms. The third-order valence-corrected chi connectivity index (χ3v) is 2.77. The minimum Gasteiger partial charge on any atom is -0.244 e. The van der Waals surface area contributed by atoms with E-state index in [0.29, 0.717) is 0 Å². The Morgan fingerprint density at radius 1 is 1.06 bits per heavy atom. The molecule has 3 heteroatoms. The highest BCUT2D eigenvalue weighted by molar-refractivity contribution is 5.81. The van der Waals surface area contributed by atoms with E-state index in [9.17, 15) is 0 Å². The van der Waals surface area contributed by atoms with Gasteiger partial charge in [0.25, 0.3) is 0 Å². The molecule has 1 aromatic carbocycles. The summed E-state index contributed by atoms with van der Waals surface area (Å²) < 4.78 is 0. The summed E-state index contributed by atoms with van der Waals surface area (Å²) in [6.45, 7) is 2.00. The van der Waals surface area contributed by atoms with Crippen LogP contribution in [0, 0.1) is 6.92 Å². The van der Waals surface area contributed by atoms with Crippen molar-refractivity contribution in [3.05, 3.63) is 54.6 Å². The van der Waals surface area contributed by atoms with E-state index in [-0.39, 0.29) is 0 Å². The maximum Gasteiger partial charge on any atom is 0.162 e. The summed E-state index contributed by atoms with van der Waals surface area (Å²) in [5.41, 5.74) is 4.04. The van der Waals surface area contributed by atoms with Gasteiger partial charge >= 0.3 is 0 Å². The van der Waals surface area contributed by atoms with Gasteiger partial charge in [-0.1, -0.05) is 30.3 Å². The minimum atomic E-state index is 0.747. The lowest BCUT2D eigenvalue weighted by atomic mass is 10.0. The first-order valence-electron chi connectivity index (χ1n) is 5.47. The van der Waals surface area contributed by atoms with Crippen molar-refractivity contribution in [1.29, 1.82) is 0 Å². The zero-order chi connectivity index (χ0) is 11.7. The van der Waals surface area contributed by atoms with Crippen molar-refractivity contribution in [1.82, 2.24) is 15.0 Å². The number of aryl methyl sites for hydroxylation is 1. The Labute approximate surface area is 99.2 Å². The molecule has 0 N–H and O–H groups in total. The van der Waals surface area contributed by atoms with Crippen LogP contribution in [0.15, 0.2) is 48.9 Å². The van der Waals surface area contributed by atoms with Crippen LogP contribution in [0.5, 0.6) is 0 Å². The molecule has 0 aliphatic rings. The number of fused-ring (bicyclic) bond motifs is 1. The predicted molar refractivity (Wildman–Crippen MR) is 67.5 cm³/mol. The van der Waals surface area contributed by atoms with Gasteiger partial charge in [0.15, 0.2) is 5.65 Å². The van der Waals surface area contributed by atoms with E-state index < -0.39 is 0 Å². The largest absolute Gasteiger partial charge is 0.244 e. The van der Waals surface area contributed by atoms with Crippen molar-refractivity contribution in [2.75, 3.05) is 0 Å². The van der Waals surface area contributed by atoms with E-state index in [2.05, 4.69) is 33.2 Å². The van der Waals surface area contributed by atoms with Gasteiger partial charge in [-0.25, -0.2) is 15.0 Å². The molecule has 82 valence electrons. The summed E-state index contributed by atoms with van der Waals surface area (Å²) in [6, 6.07) is 12.3. The Morgan fingerprint density at radius 2 is 1.88 bits per heavy atom. The lowest BCUT2D eigenvalue weighted by Gasteiger charge is -2.06. The molecule has 2 aromatic heterocycles. The second kappa shape index (κ2) is 3.94. The normalized spacial score (nSPS) is 10.6. The van der Waals surface area contributed by atoms with Crippen LogP contribution in [0.2, 0.25) is 0 Å². The second-order valence-electron chi connectivity index (χ2n) is 3.92. The van der Waals surface area contributed by atoms with Crippen molar-refractivity contribution in [2.24, 2.45) is 0 Å². The van der Waals surface area contributed by atoms with Crippen molar-refractivity contribution in [3.8, 4) is 11.1 Å². The first-order chi connectivity index (χ1) is 8.34. The minimum absolute atomic E-state index is 0.747. The number of hydrogen-bond acceptors (Lipinski definition) is 3. The molecule has 0 aliphatic carbocycles. The lowest BCUT2D eigenvalue weighted by molar-refractivity contribution is 1.15. The quantitative estimate of drug-likeness (QED) is 0.634. The standard InChI is InChI=1S/C14H11N3/c1-10-13(11-5-3-2-4-6-11)7-12-8-15-9-16-14(12)17-10/h2-9H,1H3. The Hall–Kier alpha value is -2.29. The van der Waals surface area contributed by atoms with Crippen molar-refractivity contribution < 1.29 is 0 Å². The lowest BCUT2D eigenvalue weighted by Crippen LogP contribution is -1.92. The molecular weight excluding hydrogens is 210 g/mol. The monoisotopic (exact) mass is 221 g/mol. The molecule has 3 nitrogen and oxygen atoms in total. The molecular formula is C14H11N3. The van der Waals surface area contributed by atoms with Crippen LogP contribution in [0.25, 0.3) is 22.2 Å². The zero-order valence-corrected chi connectivity index (χ0v) is 9.46. The van der Waals surface area contributed by atoms with Gasteiger partial charge in [-0.3, -0.25) is 0 Å². The summed E-state index contributed by atoms with van der Waals surface area (Å²) in [5, 5.41) is 0.969. The SMILES string of the molecule is Cc1nc2ncncc2cc1-c1ccccc1. The Kier molecular flexibility index (Phi) is 2.29. The van der Waals surface area contributed by atoms with Gasteiger partial charge in [0.2, 0.25) is 0 Å². The Morgan fingerprint density at radius 3 is 2.71 bits per heavy atom. The van der Waals surface area contributed by atoms with Crippen molar-refractivity contribution in [3.63, 3.8) is 0 Å². The third-order valence-electron chi connectivity index (χ3n) is 2.77. The molecule has 0 fully saturated rings. The van der Waals surface area contributed by atoms with Gasteiger partial charge in [0, 0.05) is 22.8 Å². The van der Waals surface area contributed by atoms with Crippen LogP contribution >= 0.6 is 0 Å². The van der Waals surface area contributed by atoms with Crippen LogP contribution in [0.3, 0.4) is 0 Å². The molecule has 0 aliphatic heterocycles. The topological polar surface area (TPSA) is 38.7 Å². The number of pyridine rings is 1. The highest BCUT2D eigenvalue weighted by Gasteiger charge is 2.05. The number of rotatable bonds is 1. The molecule has 3 rings (SSSR count). The van der Waals surface area contributed by atoms with Crippen LogP contribution in [-0.2, 0) is 0 Å². The molecule has 0 saturated heterocycles. The number of hydrogen-bond donors (Lipinski definition) is 0.